The zero-order valence-electron chi connectivity index (χ0n) is 9.22. The third kappa shape index (κ3) is 6.42. The fraction of sp³-hybridized carbons (Fsp3) is 1.00. The van der Waals surface area contributed by atoms with E-state index in [4.69, 9.17) is 0 Å². The summed E-state index contributed by atoms with van der Waals surface area (Å²) in [7, 11) is 0. The van der Waals surface area contributed by atoms with Crippen LogP contribution in [-0.4, -0.2) is 11.2 Å². The molecule has 0 aliphatic heterocycles. The second-order valence-corrected chi connectivity index (χ2v) is 4.61. The molecule has 0 saturated carbocycles. The maximum Gasteiger partial charge on any atom is 0.0593 e. The van der Waals surface area contributed by atoms with Crippen molar-refractivity contribution in [3.63, 3.8) is 0 Å². The third-order valence-electron chi connectivity index (χ3n) is 3.14. The topological polar surface area (TPSA) is 20.2 Å². The van der Waals surface area contributed by atoms with E-state index >= 15 is 0 Å². The SMILES string of the molecule is C.C.CCC(C)CC(O)C(C)(C)CC. The molecule has 1 nitrogen and oxygen atoms in total. The summed E-state index contributed by atoms with van der Waals surface area (Å²) < 4.78 is 0. The van der Waals surface area contributed by atoms with Crippen molar-refractivity contribution in [2.24, 2.45) is 11.3 Å². The molecular formula is C13H32O. The highest BCUT2D eigenvalue weighted by atomic mass is 16.3. The van der Waals surface area contributed by atoms with E-state index in [1.807, 2.05) is 0 Å². The summed E-state index contributed by atoms with van der Waals surface area (Å²) >= 11 is 0. The molecule has 1 N–H and O–H groups in total. The lowest BCUT2D eigenvalue weighted by Gasteiger charge is -2.30. The number of aliphatic hydroxyl groups excluding tert-OH is 1. The summed E-state index contributed by atoms with van der Waals surface area (Å²) in [6, 6.07) is 0. The van der Waals surface area contributed by atoms with E-state index in [1.54, 1.807) is 0 Å². The van der Waals surface area contributed by atoms with Gasteiger partial charge in [-0.2, -0.15) is 0 Å². The summed E-state index contributed by atoms with van der Waals surface area (Å²) in [5.74, 6) is 0.644. The highest BCUT2D eigenvalue weighted by Gasteiger charge is 2.26. The van der Waals surface area contributed by atoms with Gasteiger partial charge in [0.15, 0.2) is 0 Å². The number of hydrogen-bond donors (Lipinski definition) is 1. The highest BCUT2D eigenvalue weighted by molar-refractivity contribution is 4.77. The Morgan fingerprint density at radius 3 is 1.86 bits per heavy atom. The molecule has 2 atom stereocenters. The summed E-state index contributed by atoms with van der Waals surface area (Å²) in [6.45, 7) is 10.8. The third-order valence-corrected chi connectivity index (χ3v) is 3.14. The van der Waals surface area contributed by atoms with Crippen molar-refractivity contribution in [3.8, 4) is 0 Å². The minimum absolute atomic E-state index is 0. The maximum atomic E-state index is 9.88. The van der Waals surface area contributed by atoms with Crippen LogP contribution in [0.3, 0.4) is 0 Å². The zero-order valence-corrected chi connectivity index (χ0v) is 9.22. The number of hydrogen-bond acceptors (Lipinski definition) is 1. The molecule has 90 valence electrons. The molecular weight excluding hydrogens is 172 g/mol. The molecule has 0 aromatic rings. The van der Waals surface area contributed by atoms with E-state index < -0.39 is 0 Å². The Labute approximate surface area is 91.9 Å². The van der Waals surface area contributed by atoms with Gasteiger partial charge in [0, 0.05) is 0 Å². The van der Waals surface area contributed by atoms with Crippen molar-refractivity contribution < 1.29 is 5.11 Å². The quantitative estimate of drug-likeness (QED) is 0.699. The second-order valence-electron chi connectivity index (χ2n) is 4.61. The maximum absolute atomic E-state index is 9.88. The molecule has 0 rings (SSSR count). The molecule has 0 aromatic heterocycles. The van der Waals surface area contributed by atoms with Crippen LogP contribution in [0.5, 0.6) is 0 Å². The average Bonchev–Trinajstić information content (AvgIpc) is 2.04. The van der Waals surface area contributed by atoms with Crippen LogP contribution in [0.2, 0.25) is 0 Å². The van der Waals surface area contributed by atoms with Gasteiger partial charge in [0.25, 0.3) is 0 Å². The smallest absolute Gasteiger partial charge is 0.0593 e. The van der Waals surface area contributed by atoms with Crippen LogP contribution in [-0.2, 0) is 0 Å². The fourth-order valence-electron chi connectivity index (χ4n) is 1.10. The zero-order chi connectivity index (χ0) is 9.78. The van der Waals surface area contributed by atoms with E-state index in [1.165, 1.54) is 0 Å². The van der Waals surface area contributed by atoms with E-state index in [9.17, 15) is 5.11 Å². The predicted octanol–water partition coefficient (Wildman–Crippen LogP) is 4.49. The fourth-order valence-corrected chi connectivity index (χ4v) is 1.10. The minimum Gasteiger partial charge on any atom is -0.393 e. The lowest BCUT2D eigenvalue weighted by molar-refractivity contribution is 0.0286. The Morgan fingerprint density at radius 1 is 1.14 bits per heavy atom. The Kier molecular flexibility index (Phi) is 11.5. The molecule has 0 aliphatic rings. The first-order valence-corrected chi connectivity index (χ1v) is 5.12. The molecule has 1 heteroatoms. The lowest BCUT2D eigenvalue weighted by Crippen LogP contribution is -2.30. The molecule has 0 spiro atoms. The van der Waals surface area contributed by atoms with Crippen LogP contribution in [0.25, 0.3) is 0 Å². The van der Waals surface area contributed by atoms with Gasteiger partial charge in [-0.25, -0.2) is 0 Å². The number of aliphatic hydroxyl groups is 1. The van der Waals surface area contributed by atoms with Crippen molar-refractivity contribution in [2.75, 3.05) is 0 Å². The first-order valence-electron chi connectivity index (χ1n) is 5.12. The van der Waals surface area contributed by atoms with E-state index in [0.29, 0.717) is 5.92 Å². The molecule has 2 unspecified atom stereocenters. The molecule has 0 fully saturated rings. The monoisotopic (exact) mass is 204 g/mol. The van der Waals surface area contributed by atoms with Gasteiger partial charge < -0.3 is 5.11 Å². The van der Waals surface area contributed by atoms with Crippen molar-refractivity contribution in [2.45, 2.75) is 74.8 Å². The molecule has 14 heavy (non-hydrogen) atoms. The normalized spacial score (nSPS) is 15.0. The number of rotatable bonds is 5. The van der Waals surface area contributed by atoms with E-state index in [0.717, 1.165) is 19.3 Å². The van der Waals surface area contributed by atoms with Crippen LogP contribution in [0.1, 0.15) is 68.7 Å². The van der Waals surface area contributed by atoms with Crippen LogP contribution in [0.15, 0.2) is 0 Å². The van der Waals surface area contributed by atoms with Crippen molar-refractivity contribution in [1.29, 1.82) is 0 Å². The molecule has 0 bridgehead atoms. The van der Waals surface area contributed by atoms with Crippen LogP contribution >= 0.6 is 0 Å². The van der Waals surface area contributed by atoms with Crippen molar-refractivity contribution in [3.05, 3.63) is 0 Å². The largest absolute Gasteiger partial charge is 0.393 e. The van der Waals surface area contributed by atoms with Crippen LogP contribution in [0.4, 0.5) is 0 Å². The standard InChI is InChI=1S/C11H24O.2CH4/c1-6-9(3)8-10(12)11(4,5)7-2;;/h9-10,12H,6-8H2,1-5H3;2*1H4. The van der Waals surface area contributed by atoms with Crippen LogP contribution in [0, 0.1) is 11.3 Å². The Hall–Kier alpha value is -0.0400. The second kappa shape index (κ2) is 8.28. The molecule has 0 saturated heterocycles. The Morgan fingerprint density at radius 2 is 1.57 bits per heavy atom. The summed E-state index contributed by atoms with van der Waals surface area (Å²) in [5.41, 5.74) is 0.0867. The highest BCUT2D eigenvalue weighted by Crippen LogP contribution is 2.29. The predicted molar refractivity (Wildman–Crippen MR) is 67.6 cm³/mol. The van der Waals surface area contributed by atoms with Gasteiger partial charge in [-0.05, 0) is 24.2 Å². The van der Waals surface area contributed by atoms with Gasteiger partial charge in [-0.3, -0.25) is 0 Å². The van der Waals surface area contributed by atoms with Gasteiger partial charge in [0.1, 0.15) is 0 Å². The summed E-state index contributed by atoms with van der Waals surface area (Å²) in [5, 5.41) is 9.88. The van der Waals surface area contributed by atoms with Gasteiger partial charge in [0.2, 0.25) is 0 Å². The molecule has 0 aliphatic carbocycles. The van der Waals surface area contributed by atoms with Crippen molar-refractivity contribution in [1.82, 2.24) is 0 Å². The van der Waals surface area contributed by atoms with E-state index in [2.05, 4.69) is 34.6 Å². The molecule has 0 aromatic carbocycles. The average molecular weight is 204 g/mol. The Balaban J connectivity index is -0.000000605. The van der Waals surface area contributed by atoms with Crippen molar-refractivity contribution >= 4 is 0 Å². The van der Waals surface area contributed by atoms with E-state index in [-0.39, 0.29) is 26.4 Å². The van der Waals surface area contributed by atoms with Gasteiger partial charge in [0.05, 0.1) is 6.10 Å². The summed E-state index contributed by atoms with van der Waals surface area (Å²) in [4.78, 5) is 0. The van der Waals surface area contributed by atoms with Gasteiger partial charge in [-0.1, -0.05) is 55.9 Å². The van der Waals surface area contributed by atoms with Gasteiger partial charge >= 0.3 is 0 Å². The Bertz CT molecular complexity index is 118. The first kappa shape index (κ1) is 19.5. The lowest BCUT2D eigenvalue weighted by atomic mass is 9.79. The molecule has 0 heterocycles. The molecule has 0 radical (unpaired) electrons. The van der Waals surface area contributed by atoms with Gasteiger partial charge in [-0.15, -0.1) is 0 Å². The molecule has 0 amide bonds. The first-order chi connectivity index (χ1) is 5.44. The summed E-state index contributed by atoms with van der Waals surface area (Å²) in [6.07, 6.45) is 3.01. The minimum atomic E-state index is -0.141. The van der Waals surface area contributed by atoms with Crippen LogP contribution < -0.4 is 0 Å².